The first-order valence-corrected chi connectivity index (χ1v) is 8.93. The Morgan fingerprint density at radius 3 is 2.70 bits per heavy atom. The Balaban J connectivity index is 1.73. The maximum Gasteiger partial charge on any atom is 0.229 e. The van der Waals surface area contributed by atoms with E-state index in [1.165, 1.54) is 6.92 Å². The van der Waals surface area contributed by atoms with Gasteiger partial charge in [-0.15, -0.1) is 0 Å². The van der Waals surface area contributed by atoms with Crippen molar-refractivity contribution >= 4 is 29.0 Å². The van der Waals surface area contributed by atoms with Crippen LogP contribution in [0.5, 0.6) is 5.75 Å². The zero-order chi connectivity index (χ0) is 19.4. The summed E-state index contributed by atoms with van der Waals surface area (Å²) in [6.07, 6.45) is 0.138. The molecule has 6 heteroatoms. The first kappa shape index (κ1) is 18.6. The zero-order valence-electron chi connectivity index (χ0n) is 15.4. The lowest BCUT2D eigenvalue weighted by atomic mass is 10.1. The second-order valence-corrected chi connectivity index (χ2v) is 6.43. The number of nitrogens with zero attached hydrogens (tertiary/aromatic N) is 1. The van der Waals surface area contributed by atoms with Gasteiger partial charge >= 0.3 is 0 Å². The van der Waals surface area contributed by atoms with Crippen LogP contribution in [0.4, 0.5) is 11.4 Å². The Kier molecular flexibility index (Phi) is 5.54. The highest BCUT2D eigenvalue weighted by Gasteiger charge is 2.36. The van der Waals surface area contributed by atoms with Crippen molar-refractivity contribution in [3.05, 3.63) is 54.1 Å². The average Bonchev–Trinajstić information content (AvgIpc) is 3.04. The molecule has 0 saturated carbocycles. The van der Waals surface area contributed by atoms with Gasteiger partial charge in [0.2, 0.25) is 11.8 Å². The van der Waals surface area contributed by atoms with Crippen molar-refractivity contribution in [2.24, 2.45) is 5.92 Å². The number of nitrogens with one attached hydrogen (secondary N) is 1. The predicted molar refractivity (Wildman–Crippen MR) is 103 cm³/mol. The van der Waals surface area contributed by atoms with Crippen molar-refractivity contribution in [2.45, 2.75) is 20.3 Å². The fourth-order valence-corrected chi connectivity index (χ4v) is 3.13. The minimum absolute atomic E-state index is 0.0687. The normalized spacial score (nSPS) is 16.3. The van der Waals surface area contributed by atoms with Gasteiger partial charge in [-0.3, -0.25) is 14.4 Å². The van der Waals surface area contributed by atoms with Gasteiger partial charge in [-0.25, -0.2) is 0 Å². The van der Waals surface area contributed by atoms with Gasteiger partial charge in [0.05, 0.1) is 18.2 Å². The summed E-state index contributed by atoms with van der Waals surface area (Å²) < 4.78 is 5.60. The largest absolute Gasteiger partial charge is 0.492 e. The number of amides is 2. The summed E-state index contributed by atoms with van der Waals surface area (Å²) in [6.45, 7) is 4.15. The molecule has 1 unspecified atom stereocenters. The summed E-state index contributed by atoms with van der Waals surface area (Å²) in [7, 11) is 0. The molecule has 0 radical (unpaired) electrons. The highest BCUT2D eigenvalue weighted by molar-refractivity contribution is 6.04. The molecular weight excluding hydrogens is 344 g/mol. The molecule has 2 aromatic carbocycles. The van der Waals surface area contributed by atoms with Gasteiger partial charge in [0.15, 0.2) is 5.78 Å². The van der Waals surface area contributed by atoms with Crippen LogP contribution in [-0.4, -0.2) is 30.7 Å². The van der Waals surface area contributed by atoms with Crippen molar-refractivity contribution in [2.75, 3.05) is 23.4 Å². The Morgan fingerprint density at radius 1 is 1.19 bits per heavy atom. The Morgan fingerprint density at radius 2 is 1.96 bits per heavy atom. The number of carbonyl (C=O) groups excluding carboxylic acids is 3. The van der Waals surface area contributed by atoms with Crippen LogP contribution in [0, 0.1) is 5.92 Å². The van der Waals surface area contributed by atoms with Gasteiger partial charge in [-0.05, 0) is 38.1 Å². The van der Waals surface area contributed by atoms with Gasteiger partial charge in [0.1, 0.15) is 5.75 Å². The van der Waals surface area contributed by atoms with E-state index in [9.17, 15) is 14.4 Å². The molecule has 1 atom stereocenters. The van der Waals surface area contributed by atoms with Crippen LogP contribution < -0.4 is 15.0 Å². The van der Waals surface area contributed by atoms with Crippen LogP contribution >= 0.6 is 0 Å². The number of benzene rings is 2. The van der Waals surface area contributed by atoms with Crippen molar-refractivity contribution < 1.29 is 19.1 Å². The van der Waals surface area contributed by atoms with Crippen molar-refractivity contribution in [1.29, 1.82) is 0 Å². The summed E-state index contributed by atoms with van der Waals surface area (Å²) in [6, 6.07) is 14.1. The molecule has 0 bridgehead atoms. The first-order valence-electron chi connectivity index (χ1n) is 8.93. The SMILES string of the molecule is CCOc1ccccc1N1CC(C(=O)Nc2cccc(C(C)=O)c2)CC1=O. The first-order chi connectivity index (χ1) is 13.0. The van der Waals surface area contributed by atoms with E-state index in [0.29, 0.717) is 35.8 Å². The number of hydrogen-bond donors (Lipinski definition) is 1. The van der Waals surface area contributed by atoms with E-state index < -0.39 is 5.92 Å². The summed E-state index contributed by atoms with van der Waals surface area (Å²) in [5.74, 6) is -0.252. The molecule has 1 aliphatic heterocycles. The number of para-hydroxylation sites is 2. The highest BCUT2D eigenvalue weighted by atomic mass is 16.5. The van der Waals surface area contributed by atoms with Gasteiger partial charge in [0.25, 0.3) is 0 Å². The zero-order valence-corrected chi connectivity index (χ0v) is 15.4. The lowest BCUT2D eigenvalue weighted by Crippen LogP contribution is -2.28. The van der Waals surface area contributed by atoms with E-state index in [4.69, 9.17) is 4.74 Å². The number of ether oxygens (including phenoxy) is 1. The van der Waals surface area contributed by atoms with Crippen molar-refractivity contribution in [1.82, 2.24) is 0 Å². The quantitative estimate of drug-likeness (QED) is 0.796. The smallest absolute Gasteiger partial charge is 0.229 e. The molecule has 2 aromatic rings. The maximum atomic E-state index is 12.6. The van der Waals surface area contributed by atoms with E-state index >= 15 is 0 Å². The van der Waals surface area contributed by atoms with Crippen LogP contribution in [0.3, 0.4) is 0 Å². The molecule has 0 spiro atoms. The Hall–Kier alpha value is -3.15. The molecule has 6 nitrogen and oxygen atoms in total. The molecule has 2 amide bonds. The topological polar surface area (TPSA) is 75.7 Å². The van der Waals surface area contributed by atoms with Crippen LogP contribution in [0.2, 0.25) is 0 Å². The number of Topliss-reactive ketones (excluding diaryl/α,β-unsaturated/α-hetero) is 1. The molecule has 0 aliphatic carbocycles. The van der Waals surface area contributed by atoms with E-state index in [-0.39, 0.29) is 24.0 Å². The van der Waals surface area contributed by atoms with E-state index in [1.54, 1.807) is 29.2 Å². The standard InChI is InChI=1S/C21H22N2O4/c1-3-27-19-10-5-4-9-18(19)23-13-16(12-20(23)25)21(26)22-17-8-6-7-15(11-17)14(2)24/h4-11,16H,3,12-13H2,1-2H3,(H,22,26). The lowest BCUT2D eigenvalue weighted by molar-refractivity contribution is -0.122. The second kappa shape index (κ2) is 8.03. The van der Waals surface area contributed by atoms with E-state index in [1.807, 2.05) is 31.2 Å². The van der Waals surface area contributed by atoms with Gasteiger partial charge in [-0.1, -0.05) is 24.3 Å². The second-order valence-electron chi connectivity index (χ2n) is 6.43. The molecule has 140 valence electrons. The summed E-state index contributed by atoms with van der Waals surface area (Å²) in [5.41, 5.74) is 1.76. The number of ketones is 1. The summed E-state index contributed by atoms with van der Waals surface area (Å²) in [5, 5.41) is 2.81. The fraction of sp³-hybridized carbons (Fsp3) is 0.286. The van der Waals surface area contributed by atoms with Crippen LogP contribution in [0.15, 0.2) is 48.5 Å². The molecule has 1 N–H and O–H groups in total. The van der Waals surface area contributed by atoms with Gasteiger partial charge in [-0.2, -0.15) is 0 Å². The van der Waals surface area contributed by atoms with Crippen molar-refractivity contribution in [3.63, 3.8) is 0 Å². The molecule has 3 rings (SSSR count). The lowest BCUT2D eigenvalue weighted by Gasteiger charge is -2.20. The number of rotatable bonds is 6. The van der Waals surface area contributed by atoms with Gasteiger partial charge in [0, 0.05) is 24.2 Å². The summed E-state index contributed by atoms with van der Waals surface area (Å²) in [4.78, 5) is 38.2. The molecule has 1 fully saturated rings. The predicted octanol–water partition coefficient (Wildman–Crippen LogP) is 3.28. The van der Waals surface area contributed by atoms with Crippen LogP contribution in [0.1, 0.15) is 30.6 Å². The molecule has 1 heterocycles. The third-order valence-electron chi connectivity index (χ3n) is 4.49. The monoisotopic (exact) mass is 366 g/mol. The number of hydrogen-bond acceptors (Lipinski definition) is 4. The Labute approximate surface area is 158 Å². The van der Waals surface area contributed by atoms with Crippen LogP contribution in [0.25, 0.3) is 0 Å². The minimum Gasteiger partial charge on any atom is -0.492 e. The molecule has 1 saturated heterocycles. The molecule has 0 aromatic heterocycles. The minimum atomic E-state index is -0.465. The maximum absolute atomic E-state index is 12.6. The third-order valence-corrected chi connectivity index (χ3v) is 4.49. The summed E-state index contributed by atoms with van der Waals surface area (Å²) >= 11 is 0. The molecule has 1 aliphatic rings. The van der Waals surface area contributed by atoms with Crippen molar-refractivity contribution in [3.8, 4) is 5.75 Å². The third kappa shape index (κ3) is 4.16. The fourth-order valence-electron chi connectivity index (χ4n) is 3.13. The molecule has 27 heavy (non-hydrogen) atoms. The van der Waals surface area contributed by atoms with Gasteiger partial charge < -0.3 is 15.0 Å². The average molecular weight is 366 g/mol. The number of carbonyl (C=O) groups is 3. The van der Waals surface area contributed by atoms with Crippen LogP contribution in [-0.2, 0) is 9.59 Å². The highest BCUT2D eigenvalue weighted by Crippen LogP contribution is 2.33. The van der Waals surface area contributed by atoms with E-state index in [2.05, 4.69) is 5.32 Å². The molecular formula is C21H22N2O4. The van der Waals surface area contributed by atoms with E-state index in [0.717, 1.165) is 0 Å². The number of anilines is 2. The Bertz CT molecular complexity index is 878.